The van der Waals surface area contributed by atoms with E-state index in [1.54, 1.807) is 7.11 Å². The fourth-order valence-electron chi connectivity index (χ4n) is 1.33. The third-order valence-corrected chi connectivity index (χ3v) is 4.47. The van der Waals surface area contributed by atoms with E-state index in [0.29, 0.717) is 25.1 Å². The molecule has 0 aliphatic carbocycles. The van der Waals surface area contributed by atoms with Crippen molar-refractivity contribution in [2.75, 3.05) is 27.3 Å². The van der Waals surface area contributed by atoms with E-state index in [1.807, 2.05) is 0 Å². The Morgan fingerprint density at radius 2 is 2.29 bits per heavy atom. The monoisotopic (exact) mass is 281 g/mol. The summed E-state index contributed by atoms with van der Waals surface area (Å²) >= 11 is 5.65. The first-order chi connectivity index (χ1) is 8.04. The van der Waals surface area contributed by atoms with Crippen molar-refractivity contribution in [3.8, 4) is 0 Å². The van der Waals surface area contributed by atoms with Gasteiger partial charge in [-0.05, 0) is 6.42 Å². The minimum Gasteiger partial charge on any atom is -0.385 e. The molecule has 0 fully saturated rings. The van der Waals surface area contributed by atoms with E-state index in [1.165, 1.54) is 17.5 Å². The molecule has 0 aromatic carbocycles. The summed E-state index contributed by atoms with van der Waals surface area (Å²) in [6, 6.07) is 0. The molecule has 0 spiro atoms. The molecule has 0 saturated heterocycles. The number of rotatable bonds is 7. The van der Waals surface area contributed by atoms with E-state index in [-0.39, 0.29) is 10.9 Å². The van der Waals surface area contributed by atoms with Gasteiger partial charge in [0.15, 0.2) is 5.03 Å². The highest BCUT2D eigenvalue weighted by molar-refractivity contribution is 7.89. The molecule has 98 valence electrons. The van der Waals surface area contributed by atoms with Crippen molar-refractivity contribution in [1.29, 1.82) is 0 Å². The molecule has 0 radical (unpaired) electrons. The van der Waals surface area contributed by atoms with Crippen LogP contribution in [0.3, 0.4) is 0 Å². The van der Waals surface area contributed by atoms with Gasteiger partial charge in [0.05, 0.1) is 12.1 Å². The minimum absolute atomic E-state index is 0.0624. The largest absolute Gasteiger partial charge is 0.385 e. The van der Waals surface area contributed by atoms with Crippen LogP contribution in [-0.4, -0.2) is 50.2 Å². The van der Waals surface area contributed by atoms with Crippen molar-refractivity contribution >= 4 is 21.6 Å². The summed E-state index contributed by atoms with van der Waals surface area (Å²) in [6.45, 7) is 0.905. The van der Waals surface area contributed by atoms with Crippen LogP contribution in [0.15, 0.2) is 11.2 Å². The molecule has 0 saturated carbocycles. The van der Waals surface area contributed by atoms with Crippen molar-refractivity contribution in [3.63, 3.8) is 0 Å². The Morgan fingerprint density at radius 1 is 1.59 bits per heavy atom. The van der Waals surface area contributed by atoms with Crippen molar-refractivity contribution in [2.45, 2.75) is 17.3 Å². The first-order valence-corrected chi connectivity index (χ1v) is 7.05. The molecule has 0 unspecified atom stereocenters. The molecule has 1 N–H and O–H groups in total. The second kappa shape index (κ2) is 6.34. The summed E-state index contributed by atoms with van der Waals surface area (Å²) in [5, 5.41) is 6.23. The lowest BCUT2D eigenvalue weighted by molar-refractivity contribution is 0.189. The lowest BCUT2D eigenvalue weighted by atomic mass is 10.4. The third kappa shape index (κ3) is 3.41. The maximum absolute atomic E-state index is 12.1. The first kappa shape index (κ1) is 14.4. The van der Waals surface area contributed by atoms with E-state index in [4.69, 9.17) is 16.3 Å². The number of hydrogen-bond donors (Lipinski definition) is 1. The molecular weight excluding hydrogens is 266 g/mol. The number of halogens is 1. The Kier molecular flexibility index (Phi) is 5.38. The van der Waals surface area contributed by atoms with Gasteiger partial charge in [0.2, 0.25) is 0 Å². The topological polar surface area (TPSA) is 75.3 Å². The SMILES string of the molecule is COCCCN(C)S(=O)(=O)c1[nH]ncc1CCl. The third-order valence-electron chi connectivity index (χ3n) is 2.31. The number of nitrogens with zero attached hydrogens (tertiary/aromatic N) is 2. The number of aromatic amines is 1. The van der Waals surface area contributed by atoms with Crippen molar-refractivity contribution in [3.05, 3.63) is 11.8 Å². The van der Waals surface area contributed by atoms with Crippen LogP contribution in [0, 0.1) is 0 Å². The minimum atomic E-state index is -3.54. The molecule has 0 aliphatic heterocycles. The fourth-order valence-corrected chi connectivity index (χ4v) is 2.91. The average Bonchev–Trinajstić information content (AvgIpc) is 2.77. The van der Waals surface area contributed by atoms with E-state index >= 15 is 0 Å². The number of sulfonamides is 1. The normalized spacial score (nSPS) is 12.2. The number of nitrogens with one attached hydrogen (secondary N) is 1. The van der Waals surface area contributed by atoms with Gasteiger partial charge in [-0.15, -0.1) is 11.6 Å². The van der Waals surface area contributed by atoms with E-state index in [2.05, 4.69) is 10.2 Å². The Morgan fingerprint density at radius 3 is 2.88 bits per heavy atom. The zero-order valence-corrected chi connectivity index (χ0v) is 11.4. The second-order valence-electron chi connectivity index (χ2n) is 3.53. The predicted molar refractivity (Wildman–Crippen MR) is 64.5 cm³/mol. The standard InChI is InChI=1S/C9H16ClN3O3S/c1-13(4-3-5-16-2)17(14,15)9-8(6-10)7-11-12-9/h7H,3-6H2,1-2H3,(H,11,12). The van der Waals surface area contributed by atoms with E-state index < -0.39 is 10.0 Å². The molecule has 6 nitrogen and oxygen atoms in total. The average molecular weight is 282 g/mol. The molecule has 17 heavy (non-hydrogen) atoms. The Balaban J connectivity index is 2.80. The number of alkyl halides is 1. The summed E-state index contributed by atoms with van der Waals surface area (Å²) in [5.74, 6) is 0.108. The molecule has 1 aromatic rings. The molecule has 0 atom stereocenters. The summed E-state index contributed by atoms with van der Waals surface area (Å²) in [5.41, 5.74) is 0.477. The van der Waals surface area contributed by atoms with Gasteiger partial charge in [-0.25, -0.2) is 8.42 Å². The Bertz CT molecular complexity index is 446. The first-order valence-electron chi connectivity index (χ1n) is 5.07. The van der Waals surface area contributed by atoms with Crippen LogP contribution in [0.1, 0.15) is 12.0 Å². The van der Waals surface area contributed by atoms with Gasteiger partial charge in [-0.1, -0.05) is 0 Å². The number of aromatic nitrogens is 2. The van der Waals surface area contributed by atoms with Crippen molar-refractivity contribution in [2.24, 2.45) is 0 Å². The van der Waals surface area contributed by atoms with E-state index in [9.17, 15) is 8.42 Å². The maximum Gasteiger partial charge on any atom is 0.260 e. The number of ether oxygens (including phenoxy) is 1. The van der Waals surface area contributed by atoms with Crippen LogP contribution in [0.2, 0.25) is 0 Å². The molecule has 0 bridgehead atoms. The molecule has 1 heterocycles. The summed E-state index contributed by atoms with van der Waals surface area (Å²) in [7, 11) is -0.448. The van der Waals surface area contributed by atoms with Gasteiger partial charge < -0.3 is 4.74 Å². The summed E-state index contributed by atoms with van der Waals surface area (Å²) in [4.78, 5) is 0. The van der Waals surface area contributed by atoms with Crippen LogP contribution in [-0.2, 0) is 20.6 Å². The summed E-state index contributed by atoms with van der Waals surface area (Å²) < 4.78 is 30.4. The highest BCUT2D eigenvalue weighted by Crippen LogP contribution is 2.17. The molecule has 1 aromatic heterocycles. The van der Waals surface area contributed by atoms with Gasteiger partial charge in [-0.2, -0.15) is 9.40 Å². The molecule has 1 rings (SSSR count). The van der Waals surface area contributed by atoms with Crippen molar-refractivity contribution in [1.82, 2.24) is 14.5 Å². The van der Waals surface area contributed by atoms with Gasteiger partial charge in [0.1, 0.15) is 0 Å². The van der Waals surface area contributed by atoms with Gasteiger partial charge in [-0.3, -0.25) is 5.10 Å². The molecule has 0 amide bonds. The number of methoxy groups -OCH3 is 1. The fraction of sp³-hybridized carbons (Fsp3) is 0.667. The van der Waals surface area contributed by atoms with Crippen LogP contribution in [0.5, 0.6) is 0 Å². The zero-order chi connectivity index (χ0) is 12.9. The molecule has 0 aliphatic rings. The maximum atomic E-state index is 12.1. The zero-order valence-electron chi connectivity index (χ0n) is 9.81. The number of hydrogen-bond acceptors (Lipinski definition) is 4. The van der Waals surface area contributed by atoms with Crippen LogP contribution in [0.25, 0.3) is 0 Å². The predicted octanol–water partition coefficient (Wildman–Crippen LogP) is 0.806. The van der Waals surface area contributed by atoms with Crippen LogP contribution >= 0.6 is 11.6 Å². The smallest absolute Gasteiger partial charge is 0.260 e. The molecular formula is C9H16ClN3O3S. The second-order valence-corrected chi connectivity index (χ2v) is 5.78. The highest BCUT2D eigenvalue weighted by Gasteiger charge is 2.25. The van der Waals surface area contributed by atoms with Crippen molar-refractivity contribution < 1.29 is 13.2 Å². The van der Waals surface area contributed by atoms with Gasteiger partial charge in [0, 0.05) is 32.9 Å². The van der Waals surface area contributed by atoms with Gasteiger partial charge >= 0.3 is 0 Å². The van der Waals surface area contributed by atoms with E-state index in [0.717, 1.165) is 0 Å². The highest BCUT2D eigenvalue weighted by atomic mass is 35.5. The molecule has 8 heteroatoms. The Hall–Kier alpha value is -0.630. The van der Waals surface area contributed by atoms with Gasteiger partial charge in [0.25, 0.3) is 10.0 Å². The lowest BCUT2D eigenvalue weighted by Crippen LogP contribution is -2.29. The quantitative estimate of drug-likeness (QED) is 0.593. The van der Waals surface area contributed by atoms with Crippen LogP contribution in [0.4, 0.5) is 0 Å². The lowest BCUT2D eigenvalue weighted by Gasteiger charge is -2.16. The summed E-state index contributed by atoms with van der Waals surface area (Å²) in [6.07, 6.45) is 2.06. The number of H-pyrrole nitrogens is 1. The van der Waals surface area contributed by atoms with Crippen LogP contribution < -0.4 is 0 Å². The Labute approximate surface area is 106 Å².